The highest BCUT2D eigenvalue weighted by Crippen LogP contribution is 2.26. The summed E-state index contributed by atoms with van der Waals surface area (Å²) in [7, 11) is 0. The molecule has 1 atom stereocenters. The van der Waals surface area contributed by atoms with E-state index in [9.17, 15) is 9.59 Å². The minimum Gasteiger partial charge on any atom is -0.492 e. The van der Waals surface area contributed by atoms with E-state index in [1.807, 2.05) is 32.0 Å². The molecular formula is C18H20N4O3S. The topological polar surface area (TPSA) is 108 Å². The molecule has 1 amide bonds. The molecule has 0 aliphatic heterocycles. The lowest BCUT2D eigenvalue weighted by Crippen LogP contribution is -2.24. The summed E-state index contributed by atoms with van der Waals surface area (Å²) in [4.78, 5) is 31.3. The second-order valence-corrected chi connectivity index (χ2v) is 6.67. The number of nitrogens with zero attached hydrogens (tertiary/aromatic N) is 2. The van der Waals surface area contributed by atoms with Crippen LogP contribution in [0.2, 0.25) is 0 Å². The molecule has 1 aromatic carbocycles. The molecule has 0 unspecified atom stereocenters. The second kappa shape index (κ2) is 9.06. The number of H-pyrrole nitrogens is 1. The van der Waals surface area contributed by atoms with E-state index in [1.54, 1.807) is 19.1 Å². The summed E-state index contributed by atoms with van der Waals surface area (Å²) in [6.45, 7) is 5.90. The molecule has 8 heteroatoms. The molecule has 0 spiro atoms. The number of ether oxygens (including phenoxy) is 1. The minimum absolute atomic E-state index is 0.0135. The molecule has 0 saturated carbocycles. The van der Waals surface area contributed by atoms with Gasteiger partial charge in [0, 0.05) is 0 Å². The average molecular weight is 372 g/mol. The van der Waals surface area contributed by atoms with Crippen LogP contribution in [-0.4, -0.2) is 27.7 Å². The molecular weight excluding hydrogens is 352 g/mol. The Hall–Kier alpha value is -2.79. The first-order valence-corrected chi connectivity index (χ1v) is 9.10. The molecule has 136 valence electrons. The largest absolute Gasteiger partial charge is 0.492 e. The maximum absolute atomic E-state index is 12.5. The molecule has 0 radical (unpaired) electrons. The third-order valence-electron chi connectivity index (χ3n) is 3.52. The van der Waals surface area contributed by atoms with Crippen LogP contribution in [0.15, 0.2) is 34.2 Å². The molecule has 7 nitrogen and oxygen atoms in total. The Labute approximate surface area is 155 Å². The van der Waals surface area contributed by atoms with E-state index >= 15 is 0 Å². The van der Waals surface area contributed by atoms with Crippen LogP contribution in [0.4, 0.5) is 5.69 Å². The molecule has 1 heterocycles. The van der Waals surface area contributed by atoms with Crippen molar-refractivity contribution in [1.29, 1.82) is 5.26 Å². The highest BCUT2D eigenvalue weighted by Gasteiger charge is 2.19. The molecule has 2 N–H and O–H groups in total. The van der Waals surface area contributed by atoms with Crippen molar-refractivity contribution in [3.05, 3.63) is 45.9 Å². The van der Waals surface area contributed by atoms with Crippen LogP contribution >= 0.6 is 11.8 Å². The number of hydrogen-bond donors (Lipinski definition) is 2. The van der Waals surface area contributed by atoms with E-state index in [4.69, 9.17) is 10.00 Å². The third kappa shape index (κ3) is 4.64. The highest BCUT2D eigenvalue weighted by molar-refractivity contribution is 8.00. The van der Waals surface area contributed by atoms with Gasteiger partial charge in [-0.15, -0.1) is 0 Å². The second-order valence-electron chi connectivity index (χ2n) is 5.34. The normalized spacial score (nSPS) is 11.5. The number of aromatic nitrogens is 2. The van der Waals surface area contributed by atoms with Crippen LogP contribution in [0, 0.1) is 11.3 Å². The van der Waals surface area contributed by atoms with Crippen LogP contribution in [0.25, 0.3) is 0 Å². The highest BCUT2D eigenvalue weighted by atomic mass is 32.2. The molecule has 26 heavy (non-hydrogen) atoms. The predicted octanol–water partition coefficient (Wildman–Crippen LogP) is 2.72. The van der Waals surface area contributed by atoms with Crippen molar-refractivity contribution in [2.45, 2.75) is 37.6 Å². The molecule has 2 rings (SSSR count). The van der Waals surface area contributed by atoms with Gasteiger partial charge in [-0.05, 0) is 32.4 Å². The van der Waals surface area contributed by atoms with Crippen LogP contribution in [0.1, 0.15) is 32.0 Å². The average Bonchev–Trinajstić information content (AvgIpc) is 2.62. The SMILES string of the molecule is CCOc1ccccc1NC(=O)[C@H](C)Sc1nc(CC)c(C#N)c(=O)[nH]1. The fourth-order valence-electron chi connectivity index (χ4n) is 2.23. The molecule has 0 saturated heterocycles. The van der Waals surface area contributed by atoms with Gasteiger partial charge >= 0.3 is 0 Å². The molecule has 0 aliphatic carbocycles. The summed E-state index contributed by atoms with van der Waals surface area (Å²) in [5.41, 5.74) is 0.533. The zero-order valence-electron chi connectivity index (χ0n) is 14.8. The molecule has 0 bridgehead atoms. The number of amides is 1. The fourth-order valence-corrected chi connectivity index (χ4v) is 3.05. The van der Waals surface area contributed by atoms with Gasteiger partial charge in [-0.25, -0.2) is 4.98 Å². The number of aryl methyl sites for hydroxylation is 1. The van der Waals surface area contributed by atoms with Crippen molar-refractivity contribution >= 4 is 23.4 Å². The lowest BCUT2D eigenvalue weighted by molar-refractivity contribution is -0.115. The summed E-state index contributed by atoms with van der Waals surface area (Å²) >= 11 is 1.12. The number of benzene rings is 1. The Morgan fingerprint density at radius 2 is 2.15 bits per heavy atom. The smallest absolute Gasteiger partial charge is 0.269 e. The van der Waals surface area contributed by atoms with Gasteiger partial charge in [0.25, 0.3) is 5.56 Å². The van der Waals surface area contributed by atoms with Crippen molar-refractivity contribution in [3.8, 4) is 11.8 Å². The third-order valence-corrected chi connectivity index (χ3v) is 4.51. The van der Waals surface area contributed by atoms with Crippen LogP contribution in [-0.2, 0) is 11.2 Å². The van der Waals surface area contributed by atoms with Crippen molar-refractivity contribution in [2.24, 2.45) is 0 Å². The van der Waals surface area contributed by atoms with Gasteiger partial charge < -0.3 is 15.0 Å². The lowest BCUT2D eigenvalue weighted by Gasteiger charge is -2.14. The Balaban J connectivity index is 2.14. The van der Waals surface area contributed by atoms with Crippen molar-refractivity contribution < 1.29 is 9.53 Å². The predicted molar refractivity (Wildman–Crippen MR) is 101 cm³/mol. The number of thioether (sulfide) groups is 1. The number of aromatic amines is 1. The lowest BCUT2D eigenvalue weighted by atomic mass is 10.2. The van der Waals surface area contributed by atoms with Crippen molar-refractivity contribution in [2.75, 3.05) is 11.9 Å². The van der Waals surface area contributed by atoms with Crippen molar-refractivity contribution in [1.82, 2.24) is 9.97 Å². The van der Waals surface area contributed by atoms with E-state index in [1.165, 1.54) is 0 Å². The van der Waals surface area contributed by atoms with Gasteiger partial charge in [-0.1, -0.05) is 30.8 Å². The maximum atomic E-state index is 12.5. The molecule has 0 aliphatic rings. The first-order valence-electron chi connectivity index (χ1n) is 8.22. The maximum Gasteiger partial charge on any atom is 0.269 e. The number of nitrogens with one attached hydrogen (secondary N) is 2. The Kier molecular flexibility index (Phi) is 6.81. The molecule has 1 aromatic heterocycles. The van der Waals surface area contributed by atoms with Crippen LogP contribution < -0.4 is 15.6 Å². The van der Waals surface area contributed by atoms with Gasteiger partial charge in [0.15, 0.2) is 5.16 Å². The van der Waals surface area contributed by atoms with E-state index in [0.717, 1.165) is 11.8 Å². The first kappa shape index (κ1) is 19.5. The molecule has 0 fully saturated rings. The summed E-state index contributed by atoms with van der Waals surface area (Å²) in [5, 5.41) is 11.7. The van der Waals surface area contributed by atoms with Crippen LogP contribution in [0.3, 0.4) is 0 Å². The standard InChI is InChI=1S/C18H20N4O3S/c1-4-13-12(10-19)17(24)22-18(21-13)26-11(3)16(23)20-14-8-6-7-9-15(14)25-5-2/h6-9,11H,4-5H2,1-3H3,(H,20,23)(H,21,22,24)/t11-/m0/s1. The zero-order chi connectivity index (χ0) is 19.1. The number of nitriles is 1. The number of para-hydroxylation sites is 2. The van der Waals surface area contributed by atoms with Gasteiger partial charge in [0.1, 0.15) is 17.4 Å². The van der Waals surface area contributed by atoms with Crippen molar-refractivity contribution in [3.63, 3.8) is 0 Å². The summed E-state index contributed by atoms with van der Waals surface area (Å²) in [6, 6.07) is 9.04. The number of rotatable bonds is 7. The van der Waals surface area contributed by atoms with E-state index in [0.29, 0.717) is 35.3 Å². The van der Waals surface area contributed by atoms with Gasteiger partial charge in [0.05, 0.1) is 23.2 Å². The molecule has 2 aromatic rings. The first-order chi connectivity index (χ1) is 12.5. The van der Waals surface area contributed by atoms with E-state index < -0.39 is 10.8 Å². The quantitative estimate of drug-likeness (QED) is 0.571. The number of anilines is 1. The van der Waals surface area contributed by atoms with E-state index in [-0.39, 0.29) is 11.5 Å². The van der Waals surface area contributed by atoms with Gasteiger partial charge in [0.2, 0.25) is 5.91 Å². The number of hydrogen-bond acceptors (Lipinski definition) is 6. The minimum atomic E-state index is -0.509. The monoisotopic (exact) mass is 372 g/mol. The fraction of sp³-hybridized carbons (Fsp3) is 0.333. The summed E-state index contributed by atoms with van der Waals surface area (Å²) in [5.74, 6) is 0.353. The Morgan fingerprint density at radius 3 is 2.81 bits per heavy atom. The number of carbonyl (C=O) groups is 1. The summed E-state index contributed by atoms with van der Waals surface area (Å²) < 4.78 is 5.50. The number of carbonyl (C=O) groups excluding carboxylic acids is 1. The summed E-state index contributed by atoms with van der Waals surface area (Å²) in [6.07, 6.45) is 0.461. The van der Waals surface area contributed by atoms with Gasteiger partial charge in [-0.3, -0.25) is 9.59 Å². The Morgan fingerprint density at radius 1 is 1.42 bits per heavy atom. The van der Waals surface area contributed by atoms with Crippen LogP contribution in [0.5, 0.6) is 5.75 Å². The van der Waals surface area contributed by atoms with Gasteiger partial charge in [-0.2, -0.15) is 5.26 Å². The zero-order valence-corrected chi connectivity index (χ0v) is 15.6. The Bertz CT molecular complexity index is 889. The van der Waals surface area contributed by atoms with E-state index in [2.05, 4.69) is 15.3 Å².